The van der Waals surface area contributed by atoms with Gasteiger partial charge in [0.15, 0.2) is 0 Å². The summed E-state index contributed by atoms with van der Waals surface area (Å²) in [5.41, 5.74) is 0.113. The molecule has 4 aliphatic carbocycles. The third-order valence-electron chi connectivity index (χ3n) is 11.7. The van der Waals surface area contributed by atoms with E-state index in [1.54, 1.807) is 0 Å². The Hall–Kier alpha value is -0.120. The van der Waals surface area contributed by atoms with E-state index in [4.69, 9.17) is 0 Å². The van der Waals surface area contributed by atoms with Crippen LogP contribution in [0.25, 0.3) is 0 Å². The molecule has 0 bridgehead atoms. The molecule has 180 valence electrons. The van der Waals surface area contributed by atoms with Crippen LogP contribution in [-0.4, -0.2) is 33.6 Å². The van der Waals surface area contributed by atoms with E-state index in [-0.39, 0.29) is 29.1 Å². The van der Waals surface area contributed by atoms with Crippen molar-refractivity contribution in [2.75, 3.05) is 0 Å². The van der Waals surface area contributed by atoms with Gasteiger partial charge in [-0.15, -0.1) is 0 Å². The molecule has 0 radical (unpaired) electrons. The molecule has 4 rings (SSSR count). The fraction of sp³-hybridized carbons (Fsp3) is 1.00. The molecular formula is C28H50O3. The van der Waals surface area contributed by atoms with Crippen LogP contribution in [0.3, 0.4) is 0 Å². The van der Waals surface area contributed by atoms with Crippen LogP contribution >= 0.6 is 0 Å². The highest BCUT2D eigenvalue weighted by Gasteiger charge is 2.65. The third-order valence-corrected chi connectivity index (χ3v) is 11.7. The maximum Gasteiger partial charge on any atom is 0.0602 e. The van der Waals surface area contributed by atoms with E-state index in [1.165, 1.54) is 25.7 Å². The van der Waals surface area contributed by atoms with Crippen molar-refractivity contribution >= 4 is 0 Å². The number of fused-ring (bicyclic) bond motifs is 5. The standard InChI is InChI=1S/C28H50O3/c1-16(2)17(3)7-8-18(4)21-9-10-22-26-23(15-25(31)28(21,22)6)27(5)12-11-20(29)13-19(27)14-24(26)30/h16-26,29-31H,7-15H2,1-6H3/t17-,18+,19-,20+,21+,22-,23-,24+,25-,26-,27-,28+/m0/s1. The van der Waals surface area contributed by atoms with Crippen LogP contribution in [0.4, 0.5) is 0 Å². The molecule has 0 aromatic rings. The molecule has 4 saturated carbocycles. The average Bonchev–Trinajstić information content (AvgIpc) is 3.06. The number of hydrogen-bond donors (Lipinski definition) is 3. The Morgan fingerprint density at radius 1 is 0.839 bits per heavy atom. The Kier molecular flexibility index (Phi) is 6.65. The van der Waals surface area contributed by atoms with Crippen LogP contribution in [0, 0.1) is 58.2 Å². The molecule has 0 aliphatic heterocycles. The van der Waals surface area contributed by atoms with Gasteiger partial charge in [-0.25, -0.2) is 0 Å². The predicted octanol–water partition coefficient (Wildman–Crippen LogP) is 5.66. The maximum atomic E-state index is 11.7. The molecule has 0 heterocycles. The second-order valence-electron chi connectivity index (χ2n) is 13.3. The summed E-state index contributed by atoms with van der Waals surface area (Å²) >= 11 is 0. The zero-order valence-electron chi connectivity index (χ0n) is 21.1. The summed E-state index contributed by atoms with van der Waals surface area (Å²) in [5, 5.41) is 33.3. The van der Waals surface area contributed by atoms with Gasteiger partial charge in [0.1, 0.15) is 0 Å². The van der Waals surface area contributed by atoms with Gasteiger partial charge in [-0.1, -0.05) is 54.4 Å². The van der Waals surface area contributed by atoms with Crippen molar-refractivity contribution in [2.24, 2.45) is 58.2 Å². The first-order valence-electron chi connectivity index (χ1n) is 13.5. The average molecular weight is 435 g/mol. The lowest BCUT2D eigenvalue weighted by atomic mass is 9.43. The molecule has 0 amide bonds. The van der Waals surface area contributed by atoms with Gasteiger partial charge in [0, 0.05) is 0 Å². The first-order valence-corrected chi connectivity index (χ1v) is 13.5. The van der Waals surface area contributed by atoms with Crippen molar-refractivity contribution in [2.45, 2.75) is 118 Å². The predicted molar refractivity (Wildman–Crippen MR) is 126 cm³/mol. The zero-order valence-corrected chi connectivity index (χ0v) is 21.1. The summed E-state index contributed by atoms with van der Waals surface area (Å²) in [6.07, 6.45) is 8.67. The van der Waals surface area contributed by atoms with E-state index in [9.17, 15) is 15.3 Å². The lowest BCUT2D eigenvalue weighted by molar-refractivity contribution is -0.207. The molecule has 4 aliphatic rings. The Balaban J connectivity index is 1.55. The van der Waals surface area contributed by atoms with Gasteiger partial charge in [0.25, 0.3) is 0 Å². The van der Waals surface area contributed by atoms with Gasteiger partial charge in [0.05, 0.1) is 18.3 Å². The summed E-state index contributed by atoms with van der Waals surface area (Å²) in [6.45, 7) is 14.3. The molecule has 12 atom stereocenters. The topological polar surface area (TPSA) is 60.7 Å². The van der Waals surface area contributed by atoms with Gasteiger partial charge in [-0.3, -0.25) is 0 Å². The zero-order chi connectivity index (χ0) is 22.7. The molecule has 0 saturated heterocycles. The highest BCUT2D eigenvalue weighted by atomic mass is 16.3. The van der Waals surface area contributed by atoms with Crippen LogP contribution in [0.2, 0.25) is 0 Å². The van der Waals surface area contributed by atoms with Crippen molar-refractivity contribution in [1.82, 2.24) is 0 Å². The summed E-state index contributed by atoms with van der Waals surface area (Å²) in [7, 11) is 0. The Labute approximate surface area is 191 Å². The van der Waals surface area contributed by atoms with Crippen LogP contribution < -0.4 is 0 Å². The van der Waals surface area contributed by atoms with Gasteiger partial charge >= 0.3 is 0 Å². The summed E-state index contributed by atoms with van der Waals surface area (Å²) in [5.74, 6) is 4.27. The van der Waals surface area contributed by atoms with Gasteiger partial charge in [-0.2, -0.15) is 0 Å². The minimum atomic E-state index is -0.264. The molecule has 3 N–H and O–H groups in total. The van der Waals surface area contributed by atoms with Crippen molar-refractivity contribution in [3.63, 3.8) is 0 Å². The normalized spacial score (nSPS) is 51.7. The first-order chi connectivity index (χ1) is 14.5. The lowest BCUT2D eigenvalue weighted by Gasteiger charge is -2.63. The monoisotopic (exact) mass is 434 g/mol. The summed E-state index contributed by atoms with van der Waals surface area (Å²) < 4.78 is 0. The Morgan fingerprint density at radius 3 is 2.23 bits per heavy atom. The van der Waals surface area contributed by atoms with Gasteiger partial charge < -0.3 is 15.3 Å². The summed E-state index contributed by atoms with van der Waals surface area (Å²) in [4.78, 5) is 0. The fourth-order valence-electron chi connectivity index (χ4n) is 9.19. The maximum absolute atomic E-state index is 11.7. The van der Waals surface area contributed by atoms with E-state index in [2.05, 4.69) is 41.5 Å². The van der Waals surface area contributed by atoms with E-state index >= 15 is 0 Å². The largest absolute Gasteiger partial charge is 0.393 e. The Morgan fingerprint density at radius 2 is 1.55 bits per heavy atom. The highest BCUT2D eigenvalue weighted by molar-refractivity contribution is 5.14. The molecule has 31 heavy (non-hydrogen) atoms. The third kappa shape index (κ3) is 3.83. The second-order valence-corrected chi connectivity index (χ2v) is 13.3. The SMILES string of the molecule is CC(C)[C@@H](C)CC[C@@H](C)[C@H]1CC[C@H]2[C@@H]3[C@H](O)C[C@@H]4C[C@H](O)CC[C@]4(C)[C@H]3C[C@H](O)[C@]12C. The van der Waals surface area contributed by atoms with Crippen molar-refractivity contribution in [1.29, 1.82) is 0 Å². The molecule has 0 aromatic carbocycles. The lowest BCUT2D eigenvalue weighted by Crippen LogP contribution is -2.62. The highest BCUT2D eigenvalue weighted by Crippen LogP contribution is 2.68. The molecule has 3 heteroatoms. The number of hydrogen-bond acceptors (Lipinski definition) is 3. The van der Waals surface area contributed by atoms with Crippen molar-refractivity contribution in [3.05, 3.63) is 0 Å². The van der Waals surface area contributed by atoms with Crippen molar-refractivity contribution in [3.8, 4) is 0 Å². The van der Waals surface area contributed by atoms with Crippen LogP contribution in [0.1, 0.15) is 99.3 Å². The molecular weight excluding hydrogens is 384 g/mol. The molecule has 0 spiro atoms. The number of rotatable bonds is 5. The molecule has 4 fully saturated rings. The van der Waals surface area contributed by atoms with E-state index in [0.29, 0.717) is 35.5 Å². The number of aliphatic hydroxyl groups is 3. The minimum absolute atomic E-state index is 0.0555. The van der Waals surface area contributed by atoms with E-state index in [0.717, 1.165) is 43.9 Å². The number of aliphatic hydroxyl groups excluding tert-OH is 3. The van der Waals surface area contributed by atoms with Crippen LogP contribution in [-0.2, 0) is 0 Å². The van der Waals surface area contributed by atoms with Crippen LogP contribution in [0.15, 0.2) is 0 Å². The van der Waals surface area contributed by atoms with Gasteiger partial charge in [-0.05, 0) is 103 Å². The van der Waals surface area contributed by atoms with Gasteiger partial charge in [0.2, 0.25) is 0 Å². The Bertz CT molecular complexity index is 634. The second kappa shape index (κ2) is 8.58. The molecule has 3 nitrogen and oxygen atoms in total. The molecule has 0 unspecified atom stereocenters. The smallest absolute Gasteiger partial charge is 0.0602 e. The fourth-order valence-corrected chi connectivity index (χ4v) is 9.19. The van der Waals surface area contributed by atoms with E-state index in [1.807, 2.05) is 0 Å². The summed E-state index contributed by atoms with van der Waals surface area (Å²) in [6, 6.07) is 0. The van der Waals surface area contributed by atoms with E-state index < -0.39 is 0 Å². The quantitative estimate of drug-likeness (QED) is 0.523. The minimum Gasteiger partial charge on any atom is -0.393 e. The first kappa shape index (κ1) is 24.0. The van der Waals surface area contributed by atoms with Crippen molar-refractivity contribution < 1.29 is 15.3 Å². The van der Waals surface area contributed by atoms with Crippen LogP contribution in [0.5, 0.6) is 0 Å². The molecule has 0 aromatic heterocycles.